The standard InChI is InChI=1S/C11H10OS/c1-4-9-7-13-8-10(9)5-6-11(2,3)12/h1,7-8,12H,2-3H3. The lowest BCUT2D eigenvalue weighted by Gasteiger charge is -2.05. The summed E-state index contributed by atoms with van der Waals surface area (Å²) in [6.07, 6.45) is 5.26. The molecular formula is C11H10OS. The van der Waals surface area contributed by atoms with Crippen LogP contribution in [0.5, 0.6) is 0 Å². The van der Waals surface area contributed by atoms with Crippen molar-refractivity contribution in [1.82, 2.24) is 0 Å². The predicted octanol–water partition coefficient (Wildman–Crippen LogP) is 1.85. The quantitative estimate of drug-likeness (QED) is 0.619. The number of thiophene rings is 1. The number of terminal acetylenes is 1. The molecule has 0 amide bonds. The summed E-state index contributed by atoms with van der Waals surface area (Å²) in [4.78, 5) is 0. The van der Waals surface area contributed by atoms with Gasteiger partial charge in [-0.15, -0.1) is 17.8 Å². The maximum Gasteiger partial charge on any atom is 0.120 e. The molecule has 0 saturated heterocycles. The third kappa shape index (κ3) is 2.95. The molecule has 1 nitrogen and oxygen atoms in total. The summed E-state index contributed by atoms with van der Waals surface area (Å²) < 4.78 is 0. The van der Waals surface area contributed by atoms with Gasteiger partial charge in [-0.3, -0.25) is 0 Å². The Bertz CT molecular complexity index is 390. The zero-order valence-corrected chi connectivity index (χ0v) is 8.40. The van der Waals surface area contributed by atoms with E-state index >= 15 is 0 Å². The summed E-state index contributed by atoms with van der Waals surface area (Å²) in [6, 6.07) is 0. The van der Waals surface area contributed by atoms with E-state index < -0.39 is 5.60 Å². The van der Waals surface area contributed by atoms with E-state index in [4.69, 9.17) is 6.42 Å². The first-order valence-corrected chi connectivity index (χ1v) is 4.75. The van der Waals surface area contributed by atoms with Gasteiger partial charge in [-0.1, -0.05) is 17.8 Å². The van der Waals surface area contributed by atoms with Crippen LogP contribution in [0.15, 0.2) is 10.8 Å². The topological polar surface area (TPSA) is 20.2 Å². The van der Waals surface area contributed by atoms with Crippen molar-refractivity contribution in [2.24, 2.45) is 0 Å². The maximum absolute atomic E-state index is 9.36. The fourth-order valence-electron chi connectivity index (χ4n) is 0.726. The Hall–Kier alpha value is -1.22. The van der Waals surface area contributed by atoms with E-state index in [0.29, 0.717) is 0 Å². The first-order valence-electron chi connectivity index (χ1n) is 3.81. The Morgan fingerprint density at radius 1 is 1.38 bits per heavy atom. The highest BCUT2D eigenvalue weighted by Crippen LogP contribution is 2.12. The van der Waals surface area contributed by atoms with Gasteiger partial charge in [-0.2, -0.15) is 0 Å². The average Bonchev–Trinajstić information content (AvgIpc) is 2.46. The zero-order valence-electron chi connectivity index (χ0n) is 7.59. The molecule has 1 aromatic heterocycles. The van der Waals surface area contributed by atoms with Crippen LogP contribution in [-0.2, 0) is 0 Å². The van der Waals surface area contributed by atoms with Crippen LogP contribution in [0.3, 0.4) is 0 Å². The Kier molecular flexibility index (Phi) is 2.78. The molecule has 0 radical (unpaired) electrons. The normalized spacial score (nSPS) is 10.0. The number of hydrogen-bond acceptors (Lipinski definition) is 2. The van der Waals surface area contributed by atoms with Gasteiger partial charge in [0.2, 0.25) is 0 Å². The van der Waals surface area contributed by atoms with Gasteiger partial charge in [-0.05, 0) is 13.8 Å². The molecule has 1 heterocycles. The van der Waals surface area contributed by atoms with Gasteiger partial charge in [0, 0.05) is 10.8 Å². The fraction of sp³-hybridized carbons (Fsp3) is 0.273. The van der Waals surface area contributed by atoms with Crippen LogP contribution in [-0.4, -0.2) is 10.7 Å². The summed E-state index contributed by atoms with van der Waals surface area (Å²) in [6.45, 7) is 3.28. The molecule has 0 aliphatic carbocycles. The largest absolute Gasteiger partial charge is 0.378 e. The van der Waals surface area contributed by atoms with Gasteiger partial charge >= 0.3 is 0 Å². The smallest absolute Gasteiger partial charge is 0.120 e. The molecule has 0 spiro atoms. The van der Waals surface area contributed by atoms with E-state index in [2.05, 4.69) is 17.8 Å². The molecule has 1 N–H and O–H groups in total. The average molecular weight is 190 g/mol. The molecule has 0 aromatic carbocycles. The third-order valence-corrected chi connectivity index (χ3v) is 2.06. The Balaban J connectivity index is 2.97. The molecule has 0 saturated carbocycles. The second kappa shape index (κ2) is 3.66. The Labute approximate surface area is 82.4 Å². The Morgan fingerprint density at radius 2 is 2.00 bits per heavy atom. The van der Waals surface area contributed by atoms with Gasteiger partial charge in [0.25, 0.3) is 0 Å². The molecule has 13 heavy (non-hydrogen) atoms. The predicted molar refractivity (Wildman–Crippen MR) is 55.4 cm³/mol. The summed E-state index contributed by atoms with van der Waals surface area (Å²) in [5, 5.41) is 13.1. The van der Waals surface area contributed by atoms with Crippen molar-refractivity contribution in [1.29, 1.82) is 0 Å². The van der Waals surface area contributed by atoms with Crippen molar-refractivity contribution in [3.63, 3.8) is 0 Å². The molecule has 0 atom stereocenters. The molecule has 1 aromatic rings. The lowest BCUT2D eigenvalue weighted by Crippen LogP contribution is -2.14. The fourth-order valence-corrected chi connectivity index (χ4v) is 1.45. The number of hydrogen-bond donors (Lipinski definition) is 1. The van der Waals surface area contributed by atoms with Crippen LogP contribution < -0.4 is 0 Å². The molecule has 0 unspecified atom stereocenters. The second-order valence-electron chi connectivity index (χ2n) is 3.15. The molecule has 0 aliphatic rings. The van der Waals surface area contributed by atoms with Crippen LogP contribution in [0, 0.1) is 24.2 Å². The highest BCUT2D eigenvalue weighted by atomic mass is 32.1. The summed E-state index contributed by atoms with van der Waals surface area (Å²) in [5.41, 5.74) is 0.643. The van der Waals surface area contributed by atoms with Crippen LogP contribution >= 0.6 is 11.3 Å². The SMILES string of the molecule is C#Cc1cscc1C#CC(C)(C)O. The van der Waals surface area contributed by atoms with Crippen molar-refractivity contribution in [2.45, 2.75) is 19.4 Å². The van der Waals surface area contributed by atoms with Crippen LogP contribution in [0.25, 0.3) is 0 Å². The summed E-state index contributed by atoms with van der Waals surface area (Å²) in [5.74, 6) is 8.11. The highest BCUT2D eigenvalue weighted by molar-refractivity contribution is 7.08. The number of rotatable bonds is 0. The van der Waals surface area contributed by atoms with Gasteiger partial charge in [0.05, 0.1) is 11.1 Å². The maximum atomic E-state index is 9.36. The molecule has 66 valence electrons. The molecular weight excluding hydrogens is 180 g/mol. The van der Waals surface area contributed by atoms with Gasteiger partial charge in [0.1, 0.15) is 5.60 Å². The van der Waals surface area contributed by atoms with E-state index in [1.54, 1.807) is 13.8 Å². The van der Waals surface area contributed by atoms with E-state index in [9.17, 15) is 5.11 Å². The van der Waals surface area contributed by atoms with Crippen molar-refractivity contribution in [3.8, 4) is 24.2 Å². The molecule has 0 aliphatic heterocycles. The zero-order chi connectivity index (χ0) is 9.90. The minimum Gasteiger partial charge on any atom is -0.378 e. The summed E-state index contributed by atoms with van der Waals surface area (Å²) >= 11 is 1.51. The minimum atomic E-state index is -0.964. The van der Waals surface area contributed by atoms with Crippen LogP contribution in [0.4, 0.5) is 0 Å². The first-order chi connectivity index (χ1) is 6.03. The highest BCUT2D eigenvalue weighted by Gasteiger charge is 2.06. The molecule has 1 rings (SSSR count). The minimum absolute atomic E-state index is 0.793. The van der Waals surface area contributed by atoms with Crippen LogP contribution in [0.1, 0.15) is 25.0 Å². The van der Waals surface area contributed by atoms with Crippen LogP contribution in [0.2, 0.25) is 0 Å². The second-order valence-corrected chi connectivity index (χ2v) is 3.90. The van der Waals surface area contributed by atoms with Gasteiger partial charge in [-0.25, -0.2) is 0 Å². The van der Waals surface area contributed by atoms with E-state index in [0.717, 1.165) is 11.1 Å². The van der Waals surface area contributed by atoms with Gasteiger partial charge in [0.15, 0.2) is 0 Å². The molecule has 2 heteroatoms. The van der Waals surface area contributed by atoms with Crippen molar-refractivity contribution in [2.75, 3.05) is 0 Å². The Morgan fingerprint density at radius 3 is 2.54 bits per heavy atom. The third-order valence-electron chi connectivity index (χ3n) is 1.32. The lowest BCUT2D eigenvalue weighted by molar-refractivity contribution is 0.143. The molecule has 0 fully saturated rings. The monoisotopic (exact) mass is 190 g/mol. The first kappa shape index (κ1) is 9.86. The van der Waals surface area contributed by atoms with E-state index in [-0.39, 0.29) is 0 Å². The van der Waals surface area contributed by atoms with E-state index in [1.807, 2.05) is 10.8 Å². The van der Waals surface area contributed by atoms with E-state index in [1.165, 1.54) is 11.3 Å². The number of aliphatic hydroxyl groups is 1. The lowest BCUT2D eigenvalue weighted by atomic mass is 10.1. The van der Waals surface area contributed by atoms with Crippen molar-refractivity contribution < 1.29 is 5.11 Å². The summed E-state index contributed by atoms with van der Waals surface area (Å²) in [7, 11) is 0. The van der Waals surface area contributed by atoms with Gasteiger partial charge < -0.3 is 5.11 Å². The van der Waals surface area contributed by atoms with Crippen molar-refractivity contribution in [3.05, 3.63) is 21.9 Å². The van der Waals surface area contributed by atoms with Crippen molar-refractivity contribution >= 4 is 11.3 Å². The molecule has 0 bridgehead atoms.